The van der Waals surface area contributed by atoms with E-state index in [9.17, 15) is 14.0 Å². The van der Waals surface area contributed by atoms with E-state index in [1.807, 2.05) is 7.05 Å². The van der Waals surface area contributed by atoms with E-state index < -0.39 is 5.97 Å². The number of benzene rings is 2. The summed E-state index contributed by atoms with van der Waals surface area (Å²) in [6.07, 6.45) is 0. The minimum absolute atomic E-state index is 0.138. The van der Waals surface area contributed by atoms with Crippen LogP contribution in [0.4, 0.5) is 10.1 Å². The summed E-state index contributed by atoms with van der Waals surface area (Å²) < 4.78 is 17.5. The van der Waals surface area contributed by atoms with Crippen LogP contribution in [0.15, 0.2) is 48.5 Å². The molecule has 0 saturated carbocycles. The highest BCUT2D eigenvalue weighted by Crippen LogP contribution is 2.10. The van der Waals surface area contributed by atoms with E-state index in [0.29, 0.717) is 17.8 Å². The van der Waals surface area contributed by atoms with Crippen LogP contribution < -0.4 is 10.2 Å². The second-order valence-electron chi connectivity index (χ2n) is 5.55. The van der Waals surface area contributed by atoms with Crippen molar-refractivity contribution in [2.45, 2.75) is 6.54 Å². The Morgan fingerprint density at radius 1 is 1.08 bits per heavy atom. The van der Waals surface area contributed by atoms with Crippen molar-refractivity contribution in [3.8, 4) is 0 Å². The zero-order chi connectivity index (χ0) is 17.5. The summed E-state index contributed by atoms with van der Waals surface area (Å²) in [6.45, 7) is 0.894. The Kier molecular flexibility index (Phi) is 6.03. The van der Waals surface area contributed by atoms with Crippen LogP contribution in [0, 0.1) is 5.82 Å². The van der Waals surface area contributed by atoms with Crippen LogP contribution in [0.2, 0.25) is 0 Å². The van der Waals surface area contributed by atoms with Crippen LogP contribution in [-0.2, 0) is 16.1 Å². The largest absolute Gasteiger partial charge is 0.465 e. The molecule has 0 aliphatic carbocycles. The molecule has 0 saturated heterocycles. The first kappa shape index (κ1) is 17.6. The average Bonchev–Trinajstić information content (AvgIpc) is 2.56. The first-order valence-electron chi connectivity index (χ1n) is 7.52. The lowest BCUT2D eigenvalue weighted by atomic mass is 10.2. The summed E-state index contributed by atoms with van der Waals surface area (Å²) in [5.41, 5.74) is 2.00. The molecule has 2 rings (SSSR count). The molecule has 5 nitrogen and oxygen atoms in total. The van der Waals surface area contributed by atoms with Gasteiger partial charge >= 0.3 is 5.97 Å². The molecule has 2 aromatic rings. The van der Waals surface area contributed by atoms with E-state index >= 15 is 0 Å². The number of methoxy groups -OCH3 is 1. The minimum Gasteiger partial charge on any atom is -0.465 e. The van der Waals surface area contributed by atoms with Crippen molar-refractivity contribution in [1.82, 2.24) is 0 Å². The van der Waals surface area contributed by atoms with Gasteiger partial charge in [0, 0.05) is 11.3 Å². The lowest BCUT2D eigenvalue weighted by Gasteiger charge is -2.14. The number of hydrogen-bond donors (Lipinski definition) is 2. The van der Waals surface area contributed by atoms with Gasteiger partial charge in [-0.25, -0.2) is 9.18 Å². The van der Waals surface area contributed by atoms with Gasteiger partial charge in [-0.3, -0.25) is 4.79 Å². The van der Waals surface area contributed by atoms with E-state index in [1.54, 1.807) is 36.4 Å². The zero-order valence-electron chi connectivity index (χ0n) is 13.6. The molecule has 0 fully saturated rings. The summed E-state index contributed by atoms with van der Waals surface area (Å²) in [5.74, 6) is -0.832. The molecule has 0 radical (unpaired) electrons. The predicted octanol–water partition coefficient (Wildman–Crippen LogP) is 1.27. The van der Waals surface area contributed by atoms with Crippen LogP contribution >= 0.6 is 0 Å². The number of likely N-dealkylation sites (N-methyl/N-ethyl adjacent to an activating group) is 1. The molecular formula is C18H20FN2O3+. The number of amides is 1. The lowest BCUT2D eigenvalue weighted by Crippen LogP contribution is -3.08. The molecule has 2 N–H and O–H groups in total. The first-order chi connectivity index (χ1) is 11.5. The molecule has 0 heterocycles. The Labute approximate surface area is 140 Å². The molecular weight excluding hydrogens is 311 g/mol. The van der Waals surface area contributed by atoms with Gasteiger partial charge in [-0.15, -0.1) is 0 Å². The van der Waals surface area contributed by atoms with Gasteiger partial charge in [0.15, 0.2) is 6.54 Å². The van der Waals surface area contributed by atoms with Gasteiger partial charge in [0.2, 0.25) is 0 Å². The third-order valence-corrected chi connectivity index (χ3v) is 3.47. The van der Waals surface area contributed by atoms with Crippen LogP contribution in [0.1, 0.15) is 15.9 Å². The summed E-state index contributed by atoms with van der Waals surface area (Å²) in [7, 11) is 3.21. The Bertz CT molecular complexity index is 699. The van der Waals surface area contributed by atoms with Gasteiger partial charge in [0.25, 0.3) is 5.91 Å². The van der Waals surface area contributed by atoms with Gasteiger partial charge in [0.1, 0.15) is 12.4 Å². The van der Waals surface area contributed by atoms with E-state index in [2.05, 4.69) is 10.1 Å². The number of ether oxygens (including phenoxy) is 1. The molecule has 2 aromatic carbocycles. The summed E-state index contributed by atoms with van der Waals surface area (Å²) in [5, 5.41) is 2.78. The number of nitrogens with one attached hydrogen (secondary N) is 2. The van der Waals surface area contributed by atoms with Crippen molar-refractivity contribution >= 4 is 17.6 Å². The maximum atomic E-state index is 12.9. The SMILES string of the molecule is COC(=O)c1ccc(NC(=O)C[NH+](C)Cc2ccc(F)cc2)cc1. The lowest BCUT2D eigenvalue weighted by molar-refractivity contribution is -0.885. The maximum Gasteiger partial charge on any atom is 0.337 e. The van der Waals surface area contributed by atoms with E-state index in [1.165, 1.54) is 19.2 Å². The fraction of sp³-hybridized carbons (Fsp3) is 0.222. The second kappa shape index (κ2) is 8.21. The number of carbonyl (C=O) groups is 2. The zero-order valence-corrected chi connectivity index (χ0v) is 13.6. The Hall–Kier alpha value is -2.73. The van der Waals surface area contributed by atoms with Gasteiger partial charge in [-0.1, -0.05) is 12.1 Å². The Balaban J connectivity index is 1.85. The van der Waals surface area contributed by atoms with Crippen molar-refractivity contribution < 1.29 is 23.6 Å². The number of halogens is 1. The van der Waals surface area contributed by atoms with Crippen LogP contribution in [-0.4, -0.2) is 32.6 Å². The van der Waals surface area contributed by atoms with E-state index in [0.717, 1.165) is 10.5 Å². The van der Waals surface area contributed by atoms with Gasteiger partial charge in [0.05, 0.1) is 19.7 Å². The summed E-state index contributed by atoms with van der Waals surface area (Å²) in [4.78, 5) is 24.4. The standard InChI is InChI=1S/C18H19FN2O3/c1-21(11-13-3-7-15(19)8-4-13)12-17(22)20-16-9-5-14(6-10-16)18(23)24-2/h3-10H,11-12H2,1-2H3,(H,20,22)/p+1. The quantitative estimate of drug-likeness (QED) is 0.784. The Morgan fingerprint density at radius 2 is 1.71 bits per heavy atom. The molecule has 126 valence electrons. The fourth-order valence-electron chi connectivity index (χ4n) is 2.30. The van der Waals surface area contributed by atoms with Crippen molar-refractivity contribution in [1.29, 1.82) is 0 Å². The number of hydrogen-bond acceptors (Lipinski definition) is 3. The maximum absolute atomic E-state index is 12.9. The monoisotopic (exact) mass is 331 g/mol. The third-order valence-electron chi connectivity index (χ3n) is 3.47. The molecule has 0 aliphatic rings. The molecule has 0 spiro atoms. The molecule has 0 aliphatic heterocycles. The van der Waals surface area contributed by atoms with E-state index in [4.69, 9.17) is 0 Å². The highest BCUT2D eigenvalue weighted by Gasteiger charge is 2.11. The molecule has 1 atom stereocenters. The van der Waals surface area contributed by atoms with Crippen molar-refractivity contribution in [3.05, 3.63) is 65.5 Å². The summed E-state index contributed by atoms with van der Waals surface area (Å²) >= 11 is 0. The highest BCUT2D eigenvalue weighted by molar-refractivity contribution is 5.93. The fourth-order valence-corrected chi connectivity index (χ4v) is 2.30. The van der Waals surface area contributed by atoms with Crippen molar-refractivity contribution in [2.75, 3.05) is 26.0 Å². The van der Waals surface area contributed by atoms with E-state index in [-0.39, 0.29) is 18.3 Å². The number of esters is 1. The molecule has 0 aromatic heterocycles. The van der Waals surface area contributed by atoms with Crippen LogP contribution in [0.3, 0.4) is 0 Å². The van der Waals surface area contributed by atoms with Gasteiger partial charge < -0.3 is 15.0 Å². The minimum atomic E-state index is -0.420. The normalized spacial score (nSPS) is 11.6. The highest BCUT2D eigenvalue weighted by atomic mass is 19.1. The van der Waals surface area contributed by atoms with Crippen molar-refractivity contribution in [3.63, 3.8) is 0 Å². The van der Waals surface area contributed by atoms with Crippen LogP contribution in [0.25, 0.3) is 0 Å². The number of quaternary nitrogens is 1. The first-order valence-corrected chi connectivity index (χ1v) is 7.52. The molecule has 1 unspecified atom stereocenters. The average molecular weight is 331 g/mol. The molecule has 24 heavy (non-hydrogen) atoms. The summed E-state index contributed by atoms with van der Waals surface area (Å²) in [6, 6.07) is 12.7. The number of carbonyl (C=O) groups excluding carboxylic acids is 2. The molecule has 6 heteroatoms. The number of rotatable bonds is 6. The smallest absolute Gasteiger partial charge is 0.337 e. The third kappa shape index (κ3) is 5.17. The van der Waals surface area contributed by atoms with Crippen molar-refractivity contribution in [2.24, 2.45) is 0 Å². The Morgan fingerprint density at radius 3 is 2.29 bits per heavy atom. The van der Waals surface area contributed by atoms with Crippen LogP contribution in [0.5, 0.6) is 0 Å². The number of anilines is 1. The molecule has 0 bridgehead atoms. The van der Waals surface area contributed by atoms with Gasteiger partial charge in [-0.2, -0.15) is 0 Å². The topological polar surface area (TPSA) is 59.8 Å². The second-order valence-corrected chi connectivity index (χ2v) is 5.55. The molecule has 1 amide bonds. The van der Waals surface area contributed by atoms with Gasteiger partial charge in [-0.05, 0) is 36.4 Å². The predicted molar refractivity (Wildman–Crippen MR) is 88.3 cm³/mol.